The molecule has 0 fully saturated rings. The highest BCUT2D eigenvalue weighted by molar-refractivity contribution is 9.11. The molecule has 0 saturated carbocycles. The Morgan fingerprint density at radius 1 is 1.41 bits per heavy atom. The first-order valence-electron chi connectivity index (χ1n) is 9.24. The average molecular weight is 483 g/mol. The molecule has 0 aromatic carbocycles. The summed E-state index contributed by atoms with van der Waals surface area (Å²) in [6.07, 6.45) is 10.3. The zero-order valence-electron chi connectivity index (χ0n) is 18.0. The van der Waals surface area contributed by atoms with Gasteiger partial charge in [0, 0.05) is 5.70 Å². The van der Waals surface area contributed by atoms with Crippen molar-refractivity contribution >= 4 is 44.4 Å². The van der Waals surface area contributed by atoms with Gasteiger partial charge < -0.3 is 11.1 Å². The number of thiazole rings is 1. The molecule has 160 valence electrons. The minimum atomic E-state index is -0.164. The lowest BCUT2D eigenvalue weighted by atomic mass is 9.87. The summed E-state index contributed by atoms with van der Waals surface area (Å²) in [6, 6.07) is 0. The van der Waals surface area contributed by atoms with E-state index in [1.807, 2.05) is 45.2 Å². The van der Waals surface area contributed by atoms with Crippen molar-refractivity contribution in [1.82, 2.24) is 14.9 Å². The Balaban J connectivity index is 0.00000143. The number of nitrogens with two attached hydrogens (primary N) is 1. The van der Waals surface area contributed by atoms with E-state index in [2.05, 4.69) is 59.4 Å². The number of aromatic nitrogens is 2. The van der Waals surface area contributed by atoms with Gasteiger partial charge in [-0.2, -0.15) is 5.10 Å². The van der Waals surface area contributed by atoms with E-state index in [-0.39, 0.29) is 17.7 Å². The molecule has 0 saturated heterocycles. The van der Waals surface area contributed by atoms with Crippen molar-refractivity contribution in [3.8, 4) is 0 Å². The lowest BCUT2D eigenvalue weighted by molar-refractivity contribution is -0.106. The van der Waals surface area contributed by atoms with Gasteiger partial charge in [0.05, 0.1) is 21.7 Å². The van der Waals surface area contributed by atoms with Crippen LogP contribution in [0.4, 0.5) is 0 Å². The van der Waals surface area contributed by atoms with Crippen LogP contribution in [-0.4, -0.2) is 21.9 Å². The summed E-state index contributed by atoms with van der Waals surface area (Å²) in [4.78, 5) is 22.0. The lowest BCUT2D eigenvalue weighted by Crippen LogP contribution is -2.21. The second-order valence-corrected chi connectivity index (χ2v) is 9.25. The maximum atomic E-state index is 12.6. The van der Waals surface area contributed by atoms with Crippen LogP contribution in [0.15, 0.2) is 52.3 Å². The van der Waals surface area contributed by atoms with E-state index in [1.54, 1.807) is 10.7 Å². The first kappa shape index (κ1) is 26.8. The molecule has 0 spiro atoms. The van der Waals surface area contributed by atoms with Crippen LogP contribution in [0.5, 0.6) is 0 Å². The number of amides is 2. The van der Waals surface area contributed by atoms with Crippen LogP contribution < -0.4 is 11.1 Å². The molecule has 0 aliphatic heterocycles. The summed E-state index contributed by atoms with van der Waals surface area (Å²) in [6.45, 7) is 16.3. The molecule has 3 N–H and O–H groups in total. The van der Waals surface area contributed by atoms with Crippen molar-refractivity contribution < 1.29 is 9.59 Å². The van der Waals surface area contributed by atoms with Crippen molar-refractivity contribution in [2.75, 3.05) is 0 Å². The van der Waals surface area contributed by atoms with Crippen LogP contribution in [0.3, 0.4) is 0 Å². The highest BCUT2D eigenvalue weighted by atomic mass is 79.9. The highest BCUT2D eigenvalue weighted by Gasteiger charge is 2.16. The zero-order chi connectivity index (χ0) is 22.6. The molecule has 2 amide bonds. The number of rotatable bonds is 5. The van der Waals surface area contributed by atoms with E-state index in [1.165, 1.54) is 11.3 Å². The molecule has 8 heteroatoms. The monoisotopic (exact) mass is 482 g/mol. The molecule has 0 aliphatic carbocycles. The number of allylic oxidation sites excluding steroid dienone is 4. The minimum Gasteiger partial charge on any atom is -0.372 e. The zero-order valence-corrected chi connectivity index (χ0v) is 20.4. The van der Waals surface area contributed by atoms with Gasteiger partial charge in [-0.05, 0) is 46.3 Å². The number of nitrogens with one attached hydrogen (secondary N) is 1. The fourth-order valence-corrected chi connectivity index (χ4v) is 3.74. The van der Waals surface area contributed by atoms with Crippen LogP contribution in [0.2, 0.25) is 0 Å². The van der Waals surface area contributed by atoms with E-state index < -0.39 is 0 Å². The third-order valence-corrected chi connectivity index (χ3v) is 4.91. The number of fused-ring (bicyclic) bond motifs is 1. The van der Waals surface area contributed by atoms with Crippen molar-refractivity contribution in [2.45, 2.75) is 48.0 Å². The molecule has 29 heavy (non-hydrogen) atoms. The largest absolute Gasteiger partial charge is 0.372 e. The summed E-state index contributed by atoms with van der Waals surface area (Å²) in [7, 11) is 0. The smallest absolute Gasteiger partial charge is 0.260 e. The van der Waals surface area contributed by atoms with E-state index in [0.717, 1.165) is 26.3 Å². The Labute approximate surface area is 185 Å². The number of hydrogen-bond acceptors (Lipinski definition) is 4. The van der Waals surface area contributed by atoms with Crippen molar-refractivity contribution in [3.63, 3.8) is 0 Å². The van der Waals surface area contributed by atoms with Crippen molar-refractivity contribution in [1.29, 1.82) is 0 Å². The SMILES string of the molecule is C=C/C(=C\C(=C/C)NC(=O)c1cnn2cc(Br)sc12)CC(C)(C)C.CC.NC=O. The normalized spacial score (nSPS) is 11.7. The van der Waals surface area contributed by atoms with Gasteiger partial charge >= 0.3 is 0 Å². The summed E-state index contributed by atoms with van der Waals surface area (Å²) in [5.41, 5.74) is 6.74. The molecule has 0 bridgehead atoms. The molecule has 0 unspecified atom stereocenters. The van der Waals surface area contributed by atoms with Gasteiger partial charge in [0.15, 0.2) is 0 Å². The van der Waals surface area contributed by atoms with Crippen LogP contribution in [-0.2, 0) is 4.79 Å². The standard InChI is InChI=1S/C18H22BrN3OS.C2H6.CH3NO/c1-6-12(9-18(3,4)5)8-13(7-2)21-16(23)14-10-20-22-11-15(19)24-17(14)22;1-2;2-1-3/h6-8,10-11H,1,9H2,2-5H3,(H,21,23);1-2H3;1H,(H2,2,3)/b12-8+,13-7+;;. The number of carbonyl (C=O) groups is 2. The molecule has 0 atom stereocenters. The minimum absolute atomic E-state index is 0.157. The Morgan fingerprint density at radius 2 is 2.00 bits per heavy atom. The van der Waals surface area contributed by atoms with Crippen LogP contribution >= 0.6 is 27.3 Å². The number of carbonyl (C=O) groups excluding carboxylic acids is 2. The van der Waals surface area contributed by atoms with Gasteiger partial charge in [-0.1, -0.05) is 53.3 Å². The maximum Gasteiger partial charge on any atom is 0.260 e. The van der Waals surface area contributed by atoms with Crippen molar-refractivity contribution in [2.24, 2.45) is 11.1 Å². The van der Waals surface area contributed by atoms with Crippen LogP contribution in [0.1, 0.15) is 58.3 Å². The number of primary amides is 1. The van der Waals surface area contributed by atoms with E-state index in [4.69, 9.17) is 4.79 Å². The quantitative estimate of drug-likeness (QED) is 0.437. The highest BCUT2D eigenvalue weighted by Crippen LogP contribution is 2.27. The molecule has 6 nitrogen and oxygen atoms in total. The fourth-order valence-electron chi connectivity index (χ4n) is 2.30. The molecule has 2 heterocycles. The summed E-state index contributed by atoms with van der Waals surface area (Å²) in [5, 5.41) is 7.16. The molecule has 0 radical (unpaired) electrons. The van der Waals surface area contributed by atoms with Gasteiger partial charge in [-0.3, -0.25) is 9.59 Å². The number of nitrogens with zero attached hydrogens (tertiary/aromatic N) is 2. The van der Waals surface area contributed by atoms with E-state index in [9.17, 15) is 4.79 Å². The van der Waals surface area contributed by atoms with Crippen LogP contribution in [0, 0.1) is 5.41 Å². The fraction of sp³-hybridized carbons (Fsp3) is 0.381. The summed E-state index contributed by atoms with van der Waals surface area (Å²) >= 11 is 4.90. The molecular weight excluding hydrogens is 452 g/mol. The van der Waals surface area contributed by atoms with Gasteiger partial charge in [0.2, 0.25) is 6.41 Å². The van der Waals surface area contributed by atoms with Gasteiger partial charge in [-0.25, -0.2) is 4.52 Å². The van der Waals surface area contributed by atoms with E-state index in [0.29, 0.717) is 5.56 Å². The predicted molar refractivity (Wildman–Crippen MR) is 126 cm³/mol. The lowest BCUT2D eigenvalue weighted by Gasteiger charge is -2.19. The molecule has 0 aliphatic rings. The topological polar surface area (TPSA) is 89.5 Å². The molecule has 2 aromatic heterocycles. The Morgan fingerprint density at radius 3 is 2.48 bits per heavy atom. The second kappa shape index (κ2) is 13.1. The van der Waals surface area contributed by atoms with Crippen molar-refractivity contribution in [3.05, 3.63) is 57.8 Å². The first-order chi connectivity index (χ1) is 13.6. The second-order valence-electron chi connectivity index (χ2n) is 6.84. The first-order valence-corrected chi connectivity index (χ1v) is 10.8. The molecule has 2 rings (SSSR count). The number of hydrogen-bond donors (Lipinski definition) is 2. The molecular formula is C21H31BrN4O2S. The maximum absolute atomic E-state index is 12.6. The van der Waals surface area contributed by atoms with Gasteiger partial charge in [-0.15, -0.1) is 11.3 Å². The van der Waals surface area contributed by atoms with Gasteiger partial charge in [0.1, 0.15) is 4.83 Å². The van der Waals surface area contributed by atoms with E-state index >= 15 is 0 Å². The molecule has 2 aromatic rings. The Bertz CT molecular complexity index is 873. The Kier molecular flexibility index (Phi) is 12.1. The number of halogens is 1. The third kappa shape index (κ3) is 9.23. The van der Waals surface area contributed by atoms with Gasteiger partial charge in [0.25, 0.3) is 5.91 Å². The Hall–Kier alpha value is -2.19. The average Bonchev–Trinajstić information content (AvgIpc) is 3.20. The predicted octanol–water partition coefficient (Wildman–Crippen LogP) is 5.47. The summed E-state index contributed by atoms with van der Waals surface area (Å²) < 4.78 is 2.63. The third-order valence-electron chi connectivity index (χ3n) is 3.32. The van der Waals surface area contributed by atoms with Crippen LogP contribution in [0.25, 0.3) is 4.83 Å². The summed E-state index contributed by atoms with van der Waals surface area (Å²) in [5.74, 6) is -0.164.